The fourth-order valence-corrected chi connectivity index (χ4v) is 3.73. The van der Waals surface area contributed by atoms with E-state index in [0.29, 0.717) is 18.4 Å². The zero-order chi connectivity index (χ0) is 19.3. The molecule has 5 nitrogen and oxygen atoms in total. The first-order valence-corrected chi connectivity index (χ1v) is 9.85. The number of carbonyl (C=O) groups is 2. The van der Waals surface area contributed by atoms with Gasteiger partial charge in [-0.1, -0.05) is 42.5 Å². The van der Waals surface area contributed by atoms with Gasteiger partial charge in [-0.2, -0.15) is 0 Å². The minimum absolute atomic E-state index is 0.0454. The summed E-state index contributed by atoms with van der Waals surface area (Å²) in [7, 11) is 0. The number of anilines is 1. The van der Waals surface area contributed by atoms with Crippen molar-refractivity contribution in [3.05, 3.63) is 71.3 Å². The third-order valence-corrected chi connectivity index (χ3v) is 5.38. The molecule has 0 atom stereocenters. The average Bonchev–Trinajstić information content (AvgIpc) is 2.74. The van der Waals surface area contributed by atoms with Crippen LogP contribution in [0.3, 0.4) is 0 Å². The minimum atomic E-state index is 0.0454. The molecule has 144 valence electrons. The second-order valence-corrected chi connectivity index (χ2v) is 7.33. The molecule has 2 amide bonds. The highest BCUT2D eigenvalue weighted by molar-refractivity contribution is 5.98. The molecule has 0 saturated carbocycles. The molecule has 2 aliphatic heterocycles. The molecule has 4 rings (SSSR count). The Kier molecular flexibility index (Phi) is 5.53. The number of carbonyl (C=O) groups excluding carboxylic acids is 2. The maximum atomic E-state index is 12.9. The van der Waals surface area contributed by atoms with E-state index in [1.807, 2.05) is 41.3 Å². The van der Waals surface area contributed by atoms with Crippen molar-refractivity contribution in [2.75, 3.05) is 38.0 Å². The molecular formula is C23H25N3O2. The van der Waals surface area contributed by atoms with Crippen molar-refractivity contribution in [2.45, 2.75) is 12.8 Å². The van der Waals surface area contributed by atoms with Crippen LogP contribution in [0.1, 0.15) is 27.9 Å². The van der Waals surface area contributed by atoms with Gasteiger partial charge in [-0.15, -0.1) is 0 Å². The highest BCUT2D eigenvalue weighted by atomic mass is 16.2. The van der Waals surface area contributed by atoms with Gasteiger partial charge >= 0.3 is 0 Å². The molecule has 1 fully saturated rings. The maximum absolute atomic E-state index is 12.9. The van der Waals surface area contributed by atoms with Crippen molar-refractivity contribution in [3.63, 3.8) is 0 Å². The van der Waals surface area contributed by atoms with Crippen molar-refractivity contribution in [3.8, 4) is 0 Å². The lowest BCUT2D eigenvalue weighted by Gasteiger charge is -2.34. The summed E-state index contributed by atoms with van der Waals surface area (Å²) in [5, 5.41) is 2.87. The predicted octanol–water partition coefficient (Wildman–Crippen LogP) is 3.04. The molecular weight excluding hydrogens is 350 g/mol. The van der Waals surface area contributed by atoms with E-state index in [4.69, 9.17) is 0 Å². The second kappa shape index (κ2) is 8.40. The number of nitrogens with zero attached hydrogens (tertiary/aromatic N) is 2. The summed E-state index contributed by atoms with van der Waals surface area (Å²) in [5.74, 6) is 0.128. The molecule has 2 aliphatic rings. The van der Waals surface area contributed by atoms with Gasteiger partial charge < -0.3 is 10.2 Å². The number of benzene rings is 2. The molecule has 0 unspecified atom stereocenters. The Balaban J connectivity index is 1.30. The Bertz CT molecular complexity index is 884. The lowest BCUT2D eigenvalue weighted by atomic mass is 10.00. The number of hydrogen-bond acceptors (Lipinski definition) is 3. The Morgan fingerprint density at radius 2 is 1.79 bits per heavy atom. The van der Waals surface area contributed by atoms with Crippen LogP contribution >= 0.6 is 0 Å². The maximum Gasteiger partial charge on any atom is 0.253 e. The van der Waals surface area contributed by atoms with E-state index in [9.17, 15) is 9.59 Å². The van der Waals surface area contributed by atoms with Crippen LogP contribution in [-0.4, -0.2) is 54.3 Å². The minimum Gasteiger partial charge on any atom is -0.336 e. The van der Waals surface area contributed by atoms with E-state index in [2.05, 4.69) is 34.5 Å². The van der Waals surface area contributed by atoms with Crippen molar-refractivity contribution in [1.29, 1.82) is 0 Å². The van der Waals surface area contributed by atoms with Crippen LogP contribution < -0.4 is 5.32 Å². The lowest BCUT2D eigenvalue weighted by Crippen LogP contribution is -2.48. The van der Waals surface area contributed by atoms with Gasteiger partial charge in [0.15, 0.2) is 0 Å². The molecule has 0 spiro atoms. The van der Waals surface area contributed by atoms with Gasteiger partial charge in [0.2, 0.25) is 5.91 Å². The van der Waals surface area contributed by atoms with E-state index >= 15 is 0 Å². The Morgan fingerprint density at radius 3 is 2.57 bits per heavy atom. The second-order valence-electron chi connectivity index (χ2n) is 7.33. The first-order valence-electron chi connectivity index (χ1n) is 9.85. The van der Waals surface area contributed by atoms with E-state index < -0.39 is 0 Å². The summed E-state index contributed by atoms with van der Waals surface area (Å²) in [6.45, 7) is 4.14. The smallest absolute Gasteiger partial charge is 0.253 e. The van der Waals surface area contributed by atoms with Gasteiger partial charge in [-0.25, -0.2) is 0 Å². The topological polar surface area (TPSA) is 52.7 Å². The van der Waals surface area contributed by atoms with Crippen molar-refractivity contribution in [2.24, 2.45) is 0 Å². The average molecular weight is 375 g/mol. The van der Waals surface area contributed by atoms with Crippen LogP contribution in [0.2, 0.25) is 0 Å². The molecule has 28 heavy (non-hydrogen) atoms. The third-order valence-electron chi connectivity index (χ3n) is 5.38. The highest BCUT2D eigenvalue weighted by Crippen LogP contribution is 2.24. The van der Waals surface area contributed by atoms with E-state index in [1.165, 1.54) is 5.56 Å². The summed E-state index contributed by atoms with van der Waals surface area (Å²) in [4.78, 5) is 28.6. The number of rotatable bonds is 4. The first kappa shape index (κ1) is 18.4. The SMILES string of the molecule is O=C1CCc2cc(C(=O)N3CCN(CC=Cc4ccccc4)CC3)ccc2N1. The standard InChI is InChI=1S/C23H25N3O2/c27-22-11-9-19-17-20(8-10-21(19)24-22)23(28)26-15-13-25(14-16-26)12-4-7-18-5-2-1-3-6-18/h1-8,10,17H,9,11-16H2,(H,24,27). The first-order chi connectivity index (χ1) is 13.7. The van der Waals surface area contributed by atoms with Crippen LogP contribution in [-0.2, 0) is 11.2 Å². The monoisotopic (exact) mass is 375 g/mol. The molecule has 5 heteroatoms. The fraction of sp³-hybridized carbons (Fsp3) is 0.304. The third kappa shape index (κ3) is 4.31. The van der Waals surface area contributed by atoms with E-state index in [1.54, 1.807) is 0 Å². The van der Waals surface area contributed by atoms with Crippen molar-refractivity contribution >= 4 is 23.6 Å². The number of fused-ring (bicyclic) bond motifs is 1. The zero-order valence-corrected chi connectivity index (χ0v) is 15.9. The molecule has 0 bridgehead atoms. The van der Waals surface area contributed by atoms with Gasteiger partial charge in [0.1, 0.15) is 0 Å². The van der Waals surface area contributed by atoms with Gasteiger partial charge in [0, 0.05) is 50.4 Å². The number of aryl methyl sites for hydroxylation is 1. The molecule has 1 saturated heterocycles. The predicted molar refractivity (Wildman–Crippen MR) is 111 cm³/mol. The number of amides is 2. The van der Waals surface area contributed by atoms with Crippen molar-refractivity contribution in [1.82, 2.24) is 9.80 Å². The Hall–Kier alpha value is -2.92. The quantitative estimate of drug-likeness (QED) is 0.894. The number of nitrogens with one attached hydrogen (secondary N) is 1. The van der Waals surface area contributed by atoms with Gasteiger partial charge in [0.05, 0.1) is 0 Å². The molecule has 2 aromatic carbocycles. The van der Waals surface area contributed by atoms with Crippen LogP contribution in [0.15, 0.2) is 54.6 Å². The summed E-state index contributed by atoms with van der Waals surface area (Å²) in [6.07, 6.45) is 5.51. The van der Waals surface area contributed by atoms with Crippen LogP contribution in [0.25, 0.3) is 6.08 Å². The summed E-state index contributed by atoms with van der Waals surface area (Å²) in [6, 6.07) is 15.9. The molecule has 2 aromatic rings. The van der Waals surface area contributed by atoms with Crippen LogP contribution in [0.4, 0.5) is 5.69 Å². The molecule has 0 aliphatic carbocycles. The largest absolute Gasteiger partial charge is 0.336 e. The summed E-state index contributed by atoms with van der Waals surface area (Å²) in [5.41, 5.74) is 3.81. The number of piperazine rings is 1. The van der Waals surface area contributed by atoms with Gasteiger partial charge in [-0.05, 0) is 35.7 Å². The molecule has 0 aromatic heterocycles. The van der Waals surface area contributed by atoms with Gasteiger partial charge in [0.25, 0.3) is 5.91 Å². The Morgan fingerprint density at radius 1 is 1.00 bits per heavy atom. The zero-order valence-electron chi connectivity index (χ0n) is 15.9. The molecule has 2 heterocycles. The van der Waals surface area contributed by atoms with Gasteiger partial charge in [-0.3, -0.25) is 14.5 Å². The lowest BCUT2D eigenvalue weighted by molar-refractivity contribution is -0.116. The fourth-order valence-electron chi connectivity index (χ4n) is 3.73. The molecule has 1 N–H and O–H groups in total. The highest BCUT2D eigenvalue weighted by Gasteiger charge is 2.23. The number of hydrogen-bond donors (Lipinski definition) is 1. The van der Waals surface area contributed by atoms with Crippen LogP contribution in [0, 0.1) is 0 Å². The van der Waals surface area contributed by atoms with E-state index in [-0.39, 0.29) is 11.8 Å². The van der Waals surface area contributed by atoms with Crippen LogP contribution in [0.5, 0.6) is 0 Å². The Labute approximate surface area is 165 Å². The van der Waals surface area contributed by atoms with E-state index in [0.717, 1.165) is 44.0 Å². The van der Waals surface area contributed by atoms with Crippen molar-refractivity contribution < 1.29 is 9.59 Å². The summed E-state index contributed by atoms with van der Waals surface area (Å²) < 4.78 is 0. The normalized spacial score (nSPS) is 17.4. The summed E-state index contributed by atoms with van der Waals surface area (Å²) >= 11 is 0. The molecule has 0 radical (unpaired) electrons.